The molecule has 214 valence electrons. The van der Waals surface area contributed by atoms with Crippen molar-refractivity contribution in [2.24, 2.45) is 0 Å². The Morgan fingerprint density at radius 3 is 2.80 bits per heavy atom. The number of benzene rings is 2. The first-order chi connectivity index (χ1) is 19.9. The van der Waals surface area contributed by atoms with E-state index in [4.69, 9.17) is 14.2 Å². The number of carbonyl (C=O) groups is 2. The summed E-state index contributed by atoms with van der Waals surface area (Å²) in [6, 6.07) is 12.6. The number of aliphatic hydroxyl groups is 1. The Morgan fingerprint density at radius 2 is 2.00 bits per heavy atom. The van der Waals surface area contributed by atoms with Crippen LogP contribution in [0.2, 0.25) is 0 Å². The van der Waals surface area contributed by atoms with Crippen molar-refractivity contribution in [1.82, 2.24) is 14.9 Å². The van der Waals surface area contributed by atoms with Crippen molar-refractivity contribution in [2.75, 3.05) is 27.1 Å². The van der Waals surface area contributed by atoms with Gasteiger partial charge in [0.25, 0.3) is 5.91 Å². The number of methoxy groups -OCH3 is 1. The van der Waals surface area contributed by atoms with Crippen LogP contribution < -0.4 is 0 Å². The number of ether oxygens (including phenoxy) is 4. The van der Waals surface area contributed by atoms with E-state index >= 15 is 4.39 Å². The fraction of sp³-hybridized carbons (Fsp3) is 0.379. The Bertz CT molecular complexity index is 1480. The van der Waals surface area contributed by atoms with Gasteiger partial charge in [0.05, 0.1) is 31.9 Å². The zero-order valence-corrected chi connectivity index (χ0v) is 23.0. The lowest BCUT2D eigenvalue weighted by Crippen LogP contribution is -2.71. The molecule has 1 amide bonds. The quantitative estimate of drug-likeness (QED) is 0.426. The number of hydrogen-bond donors (Lipinski definition) is 1. The summed E-state index contributed by atoms with van der Waals surface area (Å²) in [5, 5.41) is 14.7. The van der Waals surface area contributed by atoms with Gasteiger partial charge in [-0.05, 0) is 42.2 Å². The molecule has 2 aromatic rings. The third kappa shape index (κ3) is 4.19. The molecule has 1 saturated carbocycles. The van der Waals surface area contributed by atoms with Crippen LogP contribution >= 0.6 is 11.8 Å². The first-order valence-corrected chi connectivity index (χ1v) is 14.3. The number of aliphatic hydroxyl groups excluding tert-OH is 1. The highest BCUT2D eigenvalue weighted by Gasteiger charge is 2.62. The van der Waals surface area contributed by atoms with Crippen LogP contribution in [0.5, 0.6) is 0 Å². The molecular weight excluding hydrogens is 553 g/mol. The Kier molecular flexibility index (Phi) is 6.45. The molecule has 5 aliphatic rings. The summed E-state index contributed by atoms with van der Waals surface area (Å²) in [5.74, 6) is -0.212. The van der Waals surface area contributed by atoms with Crippen LogP contribution in [-0.4, -0.2) is 77.0 Å². The minimum atomic E-state index is -1.26. The predicted molar refractivity (Wildman–Crippen MR) is 143 cm³/mol. The monoisotopic (exact) mass is 581 g/mol. The van der Waals surface area contributed by atoms with Crippen LogP contribution in [0, 0.1) is 5.82 Å². The van der Waals surface area contributed by atoms with Crippen LogP contribution in [0.15, 0.2) is 71.1 Å². The molecular formula is C29H28FN3O7S. The number of halogens is 1. The van der Waals surface area contributed by atoms with Crippen molar-refractivity contribution in [3.63, 3.8) is 0 Å². The maximum atomic E-state index is 15.4. The van der Waals surface area contributed by atoms with Gasteiger partial charge in [0.1, 0.15) is 18.1 Å². The van der Waals surface area contributed by atoms with Crippen LogP contribution in [0.25, 0.3) is 0 Å². The van der Waals surface area contributed by atoms with E-state index in [9.17, 15) is 14.7 Å². The van der Waals surface area contributed by atoms with Gasteiger partial charge >= 0.3 is 6.16 Å². The molecule has 7 rings (SSSR count). The number of hydrogen-bond acceptors (Lipinski definition) is 10. The minimum Gasteiger partial charge on any atom is -0.456 e. The van der Waals surface area contributed by atoms with E-state index in [1.54, 1.807) is 29.0 Å². The summed E-state index contributed by atoms with van der Waals surface area (Å²) in [6.07, 6.45) is 1.94. The molecule has 3 fully saturated rings. The largest absolute Gasteiger partial charge is 0.510 e. The number of thioether (sulfide) groups is 1. The highest BCUT2D eigenvalue weighted by molar-refractivity contribution is 7.98. The Labute approximate surface area is 239 Å². The van der Waals surface area contributed by atoms with Gasteiger partial charge in [0.15, 0.2) is 11.5 Å². The number of fused-ring (bicyclic) bond motifs is 5. The topological polar surface area (TPSA) is 101 Å². The molecule has 0 aromatic heterocycles. The van der Waals surface area contributed by atoms with Crippen LogP contribution in [-0.2, 0) is 29.5 Å². The van der Waals surface area contributed by atoms with Gasteiger partial charge in [-0.3, -0.25) is 9.80 Å². The van der Waals surface area contributed by atoms with Crippen LogP contribution in [0.1, 0.15) is 35.6 Å². The summed E-state index contributed by atoms with van der Waals surface area (Å²) in [7, 11) is 1.17. The zero-order chi connectivity index (χ0) is 28.3. The zero-order valence-electron chi connectivity index (χ0n) is 22.2. The number of nitrogens with zero attached hydrogens (tertiary/aromatic N) is 3. The van der Waals surface area contributed by atoms with Crippen molar-refractivity contribution >= 4 is 23.8 Å². The van der Waals surface area contributed by atoms with Gasteiger partial charge in [-0.2, -0.15) is 5.01 Å². The number of amides is 1. The van der Waals surface area contributed by atoms with Gasteiger partial charge in [-0.15, -0.1) is 11.8 Å². The molecule has 2 aromatic carbocycles. The maximum Gasteiger partial charge on any atom is 0.510 e. The number of carbonyl (C=O) groups excluding carboxylic acids is 2. The normalized spacial score (nSPS) is 26.0. The Morgan fingerprint density at radius 1 is 1.20 bits per heavy atom. The second-order valence-corrected chi connectivity index (χ2v) is 11.5. The van der Waals surface area contributed by atoms with Gasteiger partial charge < -0.3 is 29.0 Å². The third-order valence-electron chi connectivity index (χ3n) is 8.25. The second kappa shape index (κ2) is 10.1. The molecule has 10 nitrogen and oxygen atoms in total. The smallest absolute Gasteiger partial charge is 0.456 e. The predicted octanol–water partition coefficient (Wildman–Crippen LogP) is 3.63. The van der Waals surface area contributed by atoms with Crippen molar-refractivity contribution in [1.29, 1.82) is 0 Å². The third-order valence-corrected chi connectivity index (χ3v) is 9.36. The minimum absolute atomic E-state index is 0.0529. The van der Waals surface area contributed by atoms with E-state index in [0.29, 0.717) is 17.9 Å². The van der Waals surface area contributed by atoms with E-state index in [1.807, 2.05) is 40.2 Å². The number of hydrazine groups is 1. The molecule has 2 saturated heterocycles. The van der Waals surface area contributed by atoms with Crippen molar-refractivity contribution in [3.05, 3.63) is 88.7 Å². The molecule has 1 N–H and O–H groups in total. The fourth-order valence-corrected chi connectivity index (χ4v) is 7.32. The first kappa shape index (κ1) is 26.3. The summed E-state index contributed by atoms with van der Waals surface area (Å²) in [4.78, 5) is 28.7. The van der Waals surface area contributed by atoms with Crippen molar-refractivity contribution in [3.8, 4) is 0 Å². The molecule has 0 bridgehead atoms. The lowest BCUT2D eigenvalue weighted by Gasteiger charge is -2.57. The Balaban J connectivity index is 1.42. The average Bonchev–Trinajstić information content (AvgIpc) is 3.77. The van der Waals surface area contributed by atoms with Crippen molar-refractivity contribution in [2.45, 2.75) is 47.3 Å². The standard InChI is InChI=1S/C29H28FN3O7S/c1-37-28(36)40-16-39-26-21(34)9-12-31-25(26)27(35)32-23(13-38-15-29(32)10-11-29)33(31)24-17-6-4-7-20(30)19(17)14-41-22-8-3-2-5-18(22)24/h2-9,12,21,23-24,34H,10-11,13-16H2,1H3/t21?,23-,24+/m1/s1. The van der Waals surface area contributed by atoms with E-state index < -0.39 is 36.8 Å². The van der Waals surface area contributed by atoms with Crippen LogP contribution in [0.3, 0.4) is 0 Å². The van der Waals surface area contributed by atoms with E-state index in [0.717, 1.165) is 28.9 Å². The van der Waals surface area contributed by atoms with Gasteiger partial charge in [-0.1, -0.05) is 30.3 Å². The summed E-state index contributed by atoms with van der Waals surface area (Å²) >= 11 is 1.57. The molecule has 1 aliphatic carbocycles. The first-order valence-electron chi connectivity index (χ1n) is 13.4. The van der Waals surface area contributed by atoms with Gasteiger partial charge in [0, 0.05) is 22.4 Å². The number of rotatable bonds is 4. The summed E-state index contributed by atoms with van der Waals surface area (Å²) in [6.45, 7) is 0.0800. The van der Waals surface area contributed by atoms with E-state index in [-0.39, 0.29) is 29.8 Å². The number of morpholine rings is 1. The lowest BCUT2D eigenvalue weighted by atomic mass is 9.92. The molecule has 1 unspecified atom stereocenters. The molecule has 4 aliphatic heterocycles. The highest BCUT2D eigenvalue weighted by Crippen LogP contribution is 2.53. The fourth-order valence-electron chi connectivity index (χ4n) is 6.20. The maximum absolute atomic E-state index is 15.4. The molecule has 3 atom stereocenters. The van der Waals surface area contributed by atoms with E-state index in [2.05, 4.69) is 4.74 Å². The molecule has 0 radical (unpaired) electrons. The summed E-state index contributed by atoms with van der Waals surface area (Å²) < 4.78 is 36.6. The van der Waals surface area contributed by atoms with Crippen LogP contribution in [0.4, 0.5) is 9.18 Å². The van der Waals surface area contributed by atoms with Gasteiger partial charge in [-0.25, -0.2) is 9.18 Å². The summed E-state index contributed by atoms with van der Waals surface area (Å²) in [5.41, 5.74) is 1.95. The van der Waals surface area contributed by atoms with Gasteiger partial charge in [0.2, 0.25) is 6.79 Å². The molecule has 12 heteroatoms. The molecule has 41 heavy (non-hydrogen) atoms. The SMILES string of the molecule is COC(=O)OCOC1=C2C(=O)N3[C@@H](COCC34CC4)N([C@@H]3c4ccccc4SCc4c(F)cccc43)N2C=CC1O. The highest BCUT2D eigenvalue weighted by atomic mass is 32.2. The van der Waals surface area contributed by atoms with E-state index in [1.165, 1.54) is 19.3 Å². The molecule has 1 spiro atoms. The molecule has 4 heterocycles. The second-order valence-electron chi connectivity index (χ2n) is 10.5. The average molecular weight is 582 g/mol. The van der Waals surface area contributed by atoms with Crippen molar-refractivity contribution < 1.29 is 38.0 Å². The lowest BCUT2D eigenvalue weighted by molar-refractivity contribution is -0.208. The Hall–Kier alpha value is -3.58.